The third-order valence-electron chi connectivity index (χ3n) is 3.24. The number of hydrogen-bond acceptors (Lipinski definition) is 3. The van der Waals surface area contributed by atoms with Gasteiger partial charge in [-0.15, -0.1) is 0 Å². The Morgan fingerprint density at radius 1 is 1.50 bits per heavy atom. The Bertz CT molecular complexity index is 535. The average molecular weight is 390 g/mol. The molecular weight excluding hydrogens is 375 g/mol. The number of anilines is 1. The van der Waals surface area contributed by atoms with E-state index < -0.39 is 11.9 Å². The van der Waals surface area contributed by atoms with Crippen LogP contribution in [0.5, 0.6) is 5.75 Å². The third kappa shape index (κ3) is 3.33. The summed E-state index contributed by atoms with van der Waals surface area (Å²) in [6.07, 6.45) is 0.502. The first-order valence-electron chi connectivity index (χ1n) is 6.13. The summed E-state index contributed by atoms with van der Waals surface area (Å²) in [4.78, 5) is 24.5. The van der Waals surface area contributed by atoms with Crippen LogP contribution in [0.25, 0.3) is 0 Å². The molecule has 0 bridgehead atoms. The van der Waals surface area contributed by atoms with E-state index in [1.54, 1.807) is 19.2 Å². The van der Waals surface area contributed by atoms with Gasteiger partial charge in [0.15, 0.2) is 0 Å². The number of hydrogen-bond donors (Lipinski definition) is 2. The Morgan fingerprint density at radius 2 is 2.25 bits per heavy atom. The molecular formula is C13H15IN2O4. The molecule has 6 nitrogen and oxygen atoms in total. The molecule has 2 rings (SSSR count). The molecule has 0 saturated carbocycles. The summed E-state index contributed by atoms with van der Waals surface area (Å²) in [5.74, 6) is -0.588. The van der Waals surface area contributed by atoms with Crippen molar-refractivity contribution >= 4 is 40.3 Å². The van der Waals surface area contributed by atoms with Gasteiger partial charge in [-0.3, -0.25) is 4.79 Å². The molecule has 1 aromatic carbocycles. The number of carbonyl (C=O) groups excluding carboxylic acids is 1. The molecule has 1 atom stereocenters. The summed E-state index contributed by atoms with van der Waals surface area (Å²) in [5, 5.41) is 11.7. The van der Waals surface area contributed by atoms with Crippen LogP contribution in [0.2, 0.25) is 0 Å². The molecule has 1 saturated heterocycles. The number of carbonyl (C=O) groups is 2. The van der Waals surface area contributed by atoms with E-state index in [9.17, 15) is 9.59 Å². The summed E-state index contributed by atoms with van der Waals surface area (Å²) < 4.78 is 5.97. The minimum absolute atomic E-state index is 0.258. The number of aliphatic carboxylic acids is 1. The molecule has 0 aromatic heterocycles. The zero-order valence-corrected chi connectivity index (χ0v) is 13.1. The van der Waals surface area contributed by atoms with Crippen LogP contribution in [0.3, 0.4) is 0 Å². The molecule has 1 aromatic rings. The molecule has 7 heteroatoms. The van der Waals surface area contributed by atoms with Gasteiger partial charge in [0.2, 0.25) is 0 Å². The van der Waals surface area contributed by atoms with Crippen molar-refractivity contribution in [1.29, 1.82) is 0 Å². The molecule has 1 unspecified atom stereocenters. The molecule has 1 fully saturated rings. The molecule has 0 spiro atoms. The van der Waals surface area contributed by atoms with Crippen LogP contribution in [-0.2, 0) is 4.79 Å². The summed E-state index contributed by atoms with van der Waals surface area (Å²) in [7, 11) is 1.58. The van der Waals surface area contributed by atoms with Gasteiger partial charge in [0, 0.05) is 16.7 Å². The van der Waals surface area contributed by atoms with Gasteiger partial charge in [-0.2, -0.15) is 0 Å². The molecule has 1 aliphatic rings. The minimum Gasteiger partial charge on any atom is -0.497 e. The number of carboxylic acid groups (broad SMARTS) is 1. The van der Waals surface area contributed by atoms with Crippen LogP contribution in [-0.4, -0.2) is 42.2 Å². The monoisotopic (exact) mass is 390 g/mol. The largest absolute Gasteiger partial charge is 0.497 e. The van der Waals surface area contributed by atoms with Crippen LogP contribution in [0.1, 0.15) is 6.42 Å². The smallest absolute Gasteiger partial charge is 0.321 e. The number of nitrogens with zero attached hydrogens (tertiary/aromatic N) is 1. The molecule has 108 valence electrons. The Morgan fingerprint density at radius 3 is 2.80 bits per heavy atom. The molecule has 1 aliphatic heterocycles. The Balaban J connectivity index is 2.00. The predicted octanol–water partition coefficient (Wildman–Crippen LogP) is 2.24. The lowest BCUT2D eigenvalue weighted by Crippen LogP contribution is -2.34. The highest BCUT2D eigenvalue weighted by Gasteiger charge is 2.30. The van der Waals surface area contributed by atoms with Crippen LogP contribution in [0, 0.1) is 9.49 Å². The lowest BCUT2D eigenvalue weighted by atomic mass is 10.1. The second kappa shape index (κ2) is 6.29. The summed E-state index contributed by atoms with van der Waals surface area (Å²) in [5.41, 5.74) is 0.690. The number of nitrogens with one attached hydrogen (secondary N) is 1. The lowest BCUT2D eigenvalue weighted by molar-refractivity contribution is -0.141. The fourth-order valence-corrected chi connectivity index (χ4v) is 2.69. The van der Waals surface area contributed by atoms with Gasteiger partial charge in [-0.25, -0.2) is 4.79 Å². The second-order valence-corrected chi connectivity index (χ2v) is 5.71. The Kier molecular flexibility index (Phi) is 4.69. The van der Waals surface area contributed by atoms with Gasteiger partial charge in [-0.05, 0) is 47.2 Å². The highest BCUT2D eigenvalue weighted by Crippen LogP contribution is 2.24. The van der Waals surface area contributed by atoms with Crippen molar-refractivity contribution in [2.75, 3.05) is 25.5 Å². The number of ether oxygens (including phenoxy) is 1. The number of rotatable bonds is 3. The van der Waals surface area contributed by atoms with Crippen molar-refractivity contribution in [2.24, 2.45) is 5.92 Å². The van der Waals surface area contributed by atoms with E-state index >= 15 is 0 Å². The average Bonchev–Trinajstić information content (AvgIpc) is 2.91. The van der Waals surface area contributed by atoms with Crippen molar-refractivity contribution in [1.82, 2.24) is 4.90 Å². The first-order valence-corrected chi connectivity index (χ1v) is 7.21. The zero-order chi connectivity index (χ0) is 14.7. The summed E-state index contributed by atoms with van der Waals surface area (Å²) in [6.45, 7) is 0.726. The highest BCUT2D eigenvalue weighted by atomic mass is 127. The number of methoxy groups -OCH3 is 1. The van der Waals surface area contributed by atoms with Gasteiger partial charge in [0.1, 0.15) is 5.75 Å². The Labute approximate surface area is 130 Å². The van der Waals surface area contributed by atoms with Gasteiger partial charge in [-0.1, -0.05) is 0 Å². The molecule has 2 N–H and O–H groups in total. The number of likely N-dealkylation sites (tertiary alicyclic amines) is 1. The summed E-state index contributed by atoms with van der Waals surface area (Å²) in [6, 6.07) is 5.09. The standard InChI is InChI=1S/C13H15IN2O4/c1-20-9-2-3-11(10(14)6-9)15-13(19)16-5-4-8(7-16)12(17)18/h2-3,6,8H,4-5,7H2,1H3,(H,15,19)(H,17,18). The van der Waals surface area contributed by atoms with Gasteiger partial charge in [0.25, 0.3) is 0 Å². The van der Waals surface area contributed by atoms with E-state index in [-0.39, 0.29) is 12.6 Å². The number of carboxylic acids is 1. The summed E-state index contributed by atoms with van der Waals surface area (Å²) >= 11 is 2.11. The van der Waals surface area contributed by atoms with Gasteiger partial charge >= 0.3 is 12.0 Å². The Hall–Kier alpha value is -1.51. The minimum atomic E-state index is -0.848. The molecule has 0 aliphatic carbocycles. The quantitative estimate of drug-likeness (QED) is 0.777. The van der Waals surface area contributed by atoms with Crippen molar-refractivity contribution < 1.29 is 19.4 Å². The fourth-order valence-electron chi connectivity index (χ4n) is 2.06. The van der Waals surface area contributed by atoms with Gasteiger partial charge < -0.3 is 20.1 Å². The number of halogens is 1. The van der Waals surface area contributed by atoms with Crippen LogP contribution >= 0.6 is 22.6 Å². The van der Waals surface area contributed by atoms with Gasteiger partial charge in [0.05, 0.1) is 18.7 Å². The number of urea groups is 1. The fraction of sp³-hybridized carbons (Fsp3) is 0.385. The lowest BCUT2D eigenvalue weighted by Gasteiger charge is -2.17. The number of amides is 2. The van der Waals surface area contributed by atoms with E-state index in [0.29, 0.717) is 18.7 Å². The van der Waals surface area contributed by atoms with Crippen molar-refractivity contribution in [3.63, 3.8) is 0 Å². The molecule has 20 heavy (non-hydrogen) atoms. The predicted molar refractivity (Wildman–Crippen MR) is 82.0 cm³/mol. The highest BCUT2D eigenvalue weighted by molar-refractivity contribution is 14.1. The molecule has 0 radical (unpaired) electrons. The van der Waals surface area contributed by atoms with E-state index in [2.05, 4.69) is 27.9 Å². The SMILES string of the molecule is COc1ccc(NC(=O)N2CCC(C(=O)O)C2)c(I)c1. The number of benzene rings is 1. The first-order chi connectivity index (χ1) is 9.51. The van der Waals surface area contributed by atoms with E-state index in [0.717, 1.165) is 9.32 Å². The maximum absolute atomic E-state index is 12.1. The zero-order valence-electron chi connectivity index (χ0n) is 10.9. The maximum atomic E-state index is 12.1. The molecule has 2 amide bonds. The van der Waals surface area contributed by atoms with Crippen molar-refractivity contribution in [2.45, 2.75) is 6.42 Å². The van der Waals surface area contributed by atoms with Crippen molar-refractivity contribution in [3.05, 3.63) is 21.8 Å². The normalized spacial score (nSPS) is 17.9. The van der Waals surface area contributed by atoms with E-state index in [1.807, 2.05) is 6.07 Å². The van der Waals surface area contributed by atoms with E-state index in [4.69, 9.17) is 9.84 Å². The maximum Gasteiger partial charge on any atom is 0.321 e. The van der Waals surface area contributed by atoms with Crippen LogP contribution in [0.15, 0.2) is 18.2 Å². The third-order valence-corrected chi connectivity index (χ3v) is 4.14. The molecule has 1 heterocycles. The van der Waals surface area contributed by atoms with E-state index in [1.165, 1.54) is 4.90 Å². The van der Waals surface area contributed by atoms with Crippen LogP contribution < -0.4 is 10.1 Å². The second-order valence-electron chi connectivity index (χ2n) is 4.55. The van der Waals surface area contributed by atoms with Crippen LogP contribution in [0.4, 0.5) is 10.5 Å². The first kappa shape index (κ1) is 14.9. The van der Waals surface area contributed by atoms with Crippen molar-refractivity contribution in [3.8, 4) is 5.75 Å². The topological polar surface area (TPSA) is 78.9 Å².